The van der Waals surface area contributed by atoms with E-state index in [1.54, 1.807) is 12.1 Å². The van der Waals surface area contributed by atoms with Crippen molar-refractivity contribution in [2.75, 3.05) is 38.1 Å². The molecule has 4 N–H and O–H groups in total. The van der Waals surface area contributed by atoms with Gasteiger partial charge in [0.05, 0.1) is 11.7 Å². The average Bonchev–Trinajstić information content (AvgIpc) is 2.38. The highest BCUT2D eigenvalue weighted by atomic mass is 19.1. The molecular formula is C13H19FN4O. The van der Waals surface area contributed by atoms with Gasteiger partial charge in [-0.1, -0.05) is 0 Å². The summed E-state index contributed by atoms with van der Waals surface area (Å²) in [5, 5.41) is 0. The van der Waals surface area contributed by atoms with Crippen LogP contribution in [0.15, 0.2) is 18.2 Å². The molecule has 2 rings (SSSR count). The van der Waals surface area contributed by atoms with Crippen molar-refractivity contribution in [3.05, 3.63) is 29.6 Å². The van der Waals surface area contributed by atoms with Crippen LogP contribution < -0.4 is 16.4 Å². The largest absolute Gasteiger partial charge is 0.366 e. The Kier molecular flexibility index (Phi) is 4.01. The Balaban J connectivity index is 2.28. The number of amides is 1. The van der Waals surface area contributed by atoms with Crippen LogP contribution in [0.4, 0.5) is 10.1 Å². The molecule has 0 aliphatic carbocycles. The van der Waals surface area contributed by atoms with Crippen LogP contribution in [0.3, 0.4) is 0 Å². The van der Waals surface area contributed by atoms with Crippen LogP contribution in [0.2, 0.25) is 0 Å². The van der Waals surface area contributed by atoms with Gasteiger partial charge in [-0.05, 0) is 25.2 Å². The molecule has 1 fully saturated rings. The number of halogens is 1. The molecule has 1 heterocycles. The zero-order valence-electron chi connectivity index (χ0n) is 11.0. The van der Waals surface area contributed by atoms with Gasteiger partial charge in [-0.2, -0.15) is 0 Å². The van der Waals surface area contributed by atoms with E-state index in [4.69, 9.17) is 11.5 Å². The fourth-order valence-corrected chi connectivity index (χ4v) is 2.42. The van der Waals surface area contributed by atoms with E-state index >= 15 is 0 Å². The van der Waals surface area contributed by atoms with Crippen molar-refractivity contribution in [1.29, 1.82) is 0 Å². The summed E-state index contributed by atoms with van der Waals surface area (Å²) in [4.78, 5) is 15.1. The minimum atomic E-state index is -0.626. The van der Waals surface area contributed by atoms with Crippen LogP contribution in [-0.4, -0.2) is 50.1 Å². The molecule has 1 saturated heterocycles. The monoisotopic (exact) mass is 266 g/mol. The summed E-state index contributed by atoms with van der Waals surface area (Å²) in [5.41, 5.74) is 11.6. The van der Waals surface area contributed by atoms with Crippen molar-refractivity contribution in [2.45, 2.75) is 6.04 Å². The molecule has 1 aromatic carbocycles. The van der Waals surface area contributed by atoms with Crippen molar-refractivity contribution in [1.82, 2.24) is 4.90 Å². The maximum atomic E-state index is 14.1. The van der Waals surface area contributed by atoms with E-state index in [1.165, 1.54) is 6.07 Å². The number of hydrogen-bond donors (Lipinski definition) is 2. The summed E-state index contributed by atoms with van der Waals surface area (Å²) < 4.78 is 14.1. The van der Waals surface area contributed by atoms with E-state index < -0.39 is 11.7 Å². The lowest BCUT2D eigenvalue weighted by atomic mass is 10.1. The Labute approximate surface area is 112 Å². The number of nitrogens with two attached hydrogens (primary N) is 2. The maximum Gasteiger partial charge on any atom is 0.248 e. The Morgan fingerprint density at radius 1 is 1.47 bits per heavy atom. The summed E-state index contributed by atoms with van der Waals surface area (Å²) in [7, 11) is 2.02. The lowest BCUT2D eigenvalue weighted by Gasteiger charge is -2.41. The van der Waals surface area contributed by atoms with E-state index in [0.717, 1.165) is 13.1 Å². The quantitative estimate of drug-likeness (QED) is 0.807. The molecule has 0 aromatic heterocycles. The zero-order chi connectivity index (χ0) is 14.0. The molecule has 1 aromatic rings. The van der Waals surface area contributed by atoms with Gasteiger partial charge in [0, 0.05) is 31.7 Å². The highest BCUT2D eigenvalue weighted by Crippen LogP contribution is 2.24. The summed E-state index contributed by atoms with van der Waals surface area (Å²) in [6, 6.07) is 4.41. The third-order valence-corrected chi connectivity index (χ3v) is 3.50. The molecule has 104 valence electrons. The number of likely N-dealkylation sites (N-methyl/N-ethyl adjacent to an activating group) is 1. The first-order valence-corrected chi connectivity index (χ1v) is 6.27. The van der Waals surface area contributed by atoms with E-state index in [9.17, 15) is 9.18 Å². The number of carbonyl (C=O) groups is 1. The predicted molar refractivity (Wildman–Crippen MR) is 72.6 cm³/mol. The van der Waals surface area contributed by atoms with Crippen LogP contribution in [0.25, 0.3) is 0 Å². The van der Waals surface area contributed by atoms with Crippen LogP contribution in [0, 0.1) is 5.82 Å². The Morgan fingerprint density at radius 3 is 2.79 bits per heavy atom. The van der Waals surface area contributed by atoms with Crippen LogP contribution in [0.1, 0.15) is 10.4 Å². The smallest absolute Gasteiger partial charge is 0.248 e. The van der Waals surface area contributed by atoms with Gasteiger partial charge in [0.25, 0.3) is 0 Å². The lowest BCUT2D eigenvalue weighted by molar-refractivity contribution is 0.1000. The molecule has 1 unspecified atom stereocenters. The highest BCUT2D eigenvalue weighted by Gasteiger charge is 2.26. The highest BCUT2D eigenvalue weighted by molar-refractivity contribution is 5.93. The third-order valence-electron chi connectivity index (χ3n) is 3.50. The third kappa shape index (κ3) is 2.85. The minimum Gasteiger partial charge on any atom is -0.366 e. The van der Waals surface area contributed by atoms with Crippen molar-refractivity contribution in [2.24, 2.45) is 11.5 Å². The average molecular weight is 266 g/mol. The second-order valence-electron chi connectivity index (χ2n) is 4.88. The van der Waals surface area contributed by atoms with Gasteiger partial charge in [0.2, 0.25) is 5.91 Å². The molecule has 1 amide bonds. The SMILES string of the molecule is CN1CCN(c2ccc(C(N)=O)cc2F)C(CN)C1. The molecule has 19 heavy (non-hydrogen) atoms. The standard InChI is InChI=1S/C13H19FN4O/c1-17-4-5-18(10(7-15)8-17)12-3-2-9(13(16)19)6-11(12)14/h2-3,6,10H,4-5,7-8,15H2,1H3,(H2,16,19). The molecule has 0 spiro atoms. The molecule has 6 heteroatoms. The van der Waals surface area contributed by atoms with Gasteiger partial charge in [0.15, 0.2) is 0 Å². The summed E-state index contributed by atoms with van der Waals surface area (Å²) in [6.07, 6.45) is 0. The minimum absolute atomic E-state index is 0.0766. The first kappa shape index (κ1) is 13.8. The van der Waals surface area contributed by atoms with Crippen molar-refractivity contribution in [3.8, 4) is 0 Å². The van der Waals surface area contributed by atoms with Gasteiger partial charge in [-0.15, -0.1) is 0 Å². The second kappa shape index (κ2) is 5.54. The first-order valence-electron chi connectivity index (χ1n) is 6.27. The number of anilines is 1. The molecule has 0 bridgehead atoms. The predicted octanol–water partition coefficient (Wildman–Crippen LogP) is 0.00370. The van der Waals surface area contributed by atoms with E-state index in [1.807, 2.05) is 11.9 Å². The normalized spacial score (nSPS) is 20.6. The second-order valence-corrected chi connectivity index (χ2v) is 4.88. The van der Waals surface area contributed by atoms with Crippen molar-refractivity contribution < 1.29 is 9.18 Å². The fraction of sp³-hybridized carbons (Fsp3) is 0.462. The molecule has 5 nitrogen and oxygen atoms in total. The molecular weight excluding hydrogens is 247 g/mol. The van der Waals surface area contributed by atoms with Crippen molar-refractivity contribution in [3.63, 3.8) is 0 Å². The molecule has 0 radical (unpaired) electrons. The van der Waals surface area contributed by atoms with E-state index in [2.05, 4.69) is 4.90 Å². The summed E-state index contributed by atoms with van der Waals surface area (Å²) in [5.74, 6) is -1.06. The van der Waals surface area contributed by atoms with Gasteiger partial charge in [-0.25, -0.2) is 4.39 Å². The Bertz CT molecular complexity index is 480. The number of hydrogen-bond acceptors (Lipinski definition) is 4. The number of piperazine rings is 1. The number of rotatable bonds is 3. The van der Waals surface area contributed by atoms with Gasteiger partial charge >= 0.3 is 0 Å². The number of benzene rings is 1. The molecule has 1 atom stereocenters. The fourth-order valence-electron chi connectivity index (χ4n) is 2.42. The topological polar surface area (TPSA) is 75.6 Å². The maximum absolute atomic E-state index is 14.1. The summed E-state index contributed by atoms with van der Waals surface area (Å²) >= 11 is 0. The first-order chi connectivity index (χ1) is 9.02. The number of primary amides is 1. The van der Waals surface area contributed by atoms with Crippen LogP contribution >= 0.6 is 0 Å². The lowest BCUT2D eigenvalue weighted by Crippen LogP contribution is -2.55. The summed E-state index contributed by atoms with van der Waals surface area (Å²) in [6.45, 7) is 2.83. The Morgan fingerprint density at radius 2 is 2.21 bits per heavy atom. The van der Waals surface area contributed by atoms with Crippen molar-refractivity contribution >= 4 is 11.6 Å². The van der Waals surface area contributed by atoms with Gasteiger partial charge < -0.3 is 21.3 Å². The van der Waals surface area contributed by atoms with Crippen LogP contribution in [0.5, 0.6) is 0 Å². The van der Waals surface area contributed by atoms with Gasteiger partial charge in [0.1, 0.15) is 5.82 Å². The molecule has 1 aliphatic rings. The van der Waals surface area contributed by atoms with Crippen LogP contribution in [-0.2, 0) is 0 Å². The number of carbonyl (C=O) groups excluding carboxylic acids is 1. The zero-order valence-corrected chi connectivity index (χ0v) is 11.0. The van der Waals surface area contributed by atoms with E-state index in [0.29, 0.717) is 18.8 Å². The molecule has 1 aliphatic heterocycles. The Hall–Kier alpha value is -1.66. The number of nitrogens with zero attached hydrogens (tertiary/aromatic N) is 2. The van der Waals surface area contributed by atoms with E-state index in [-0.39, 0.29) is 11.6 Å². The van der Waals surface area contributed by atoms with Gasteiger partial charge in [-0.3, -0.25) is 4.79 Å². The molecule has 0 saturated carbocycles.